The zero-order valence-electron chi connectivity index (χ0n) is 30.8. The number of quaternary nitrogens is 1. The van der Waals surface area contributed by atoms with Crippen LogP contribution >= 0.6 is 0 Å². The van der Waals surface area contributed by atoms with Gasteiger partial charge in [-0.2, -0.15) is 0 Å². The average molecular weight is 653 g/mol. The number of halogens is 1. The van der Waals surface area contributed by atoms with Crippen LogP contribution in [0.2, 0.25) is 0 Å². The second kappa shape index (κ2) is 39.8. The molecular weight excluding hydrogens is 573 g/mol. The maximum absolute atomic E-state index is 11.5. The van der Waals surface area contributed by atoms with Gasteiger partial charge in [0.2, 0.25) is 5.97 Å². The molecule has 0 atom stereocenters. The Balaban J connectivity index is -0.00000840. The van der Waals surface area contributed by atoms with E-state index < -0.39 is 5.97 Å². The third kappa shape index (κ3) is 38.8. The number of carbonyl (C=O) groups is 1. The number of carboxylic acid groups (broad SMARTS) is 1. The van der Waals surface area contributed by atoms with Crippen LogP contribution in [0.4, 0.5) is 0 Å². The van der Waals surface area contributed by atoms with Gasteiger partial charge < -0.3 is 22.0 Å². The first-order valence-corrected chi connectivity index (χ1v) is 19.5. The first-order valence-electron chi connectivity index (χ1n) is 19.5. The van der Waals surface area contributed by atoms with E-state index in [0.29, 0.717) is 4.48 Å². The van der Waals surface area contributed by atoms with Crippen molar-refractivity contribution in [2.24, 2.45) is 0 Å². The second-order valence-electron chi connectivity index (χ2n) is 14.0. The fourth-order valence-corrected chi connectivity index (χ4v) is 6.55. The van der Waals surface area contributed by atoms with Crippen molar-refractivity contribution in [3.63, 3.8) is 0 Å². The molecule has 0 saturated carbocycles. The van der Waals surface area contributed by atoms with E-state index in [1.54, 1.807) is 6.54 Å². The molecule has 0 unspecified atom stereocenters. The third-order valence-electron chi connectivity index (χ3n) is 9.47. The Morgan fingerprint density at radius 3 is 0.795 bits per heavy atom. The van der Waals surface area contributed by atoms with E-state index in [9.17, 15) is 9.90 Å². The van der Waals surface area contributed by atoms with Gasteiger partial charge in [-0.05, 0) is 25.7 Å². The van der Waals surface area contributed by atoms with Crippen LogP contribution in [0, 0.1) is 6.54 Å². The molecule has 0 radical (unpaired) electrons. The zero-order valence-corrected chi connectivity index (χ0v) is 33.6. The monoisotopic (exact) mass is 652 g/mol. The van der Waals surface area contributed by atoms with Crippen LogP contribution in [-0.4, -0.2) is 35.7 Å². The topological polar surface area (TPSA) is 37.3 Å². The van der Waals surface area contributed by atoms with Gasteiger partial charge in [-0.25, -0.2) is 0 Å². The molecule has 0 aromatic carbocycles. The Labute approximate surface area is 306 Å². The summed E-state index contributed by atoms with van der Waals surface area (Å²) in [6.45, 7) is 8.09. The summed E-state index contributed by atoms with van der Waals surface area (Å²) >= 11 is 0. The number of unbranched alkanes of at least 4 members (excludes halogenated alkanes) is 30. The Hall–Kier alpha value is 0.590. The summed E-state index contributed by atoms with van der Waals surface area (Å²) in [5, 5.41) is 9.45. The minimum absolute atomic E-state index is 0. The number of rotatable bonds is 36. The second-order valence-corrected chi connectivity index (χ2v) is 14.0. The SMILES string of the molecule is CCCCCCCCCCCCCCCCCC[N+](C)([CH-]C(=O)O)CCCCCCCCCCCCCCCCCC.[Cl-].[Na+]. The summed E-state index contributed by atoms with van der Waals surface area (Å²) in [5.74, 6) is -0.759. The Bertz CT molecular complexity index is 512. The van der Waals surface area contributed by atoms with Crippen LogP contribution in [0.1, 0.15) is 219 Å². The molecule has 0 bridgehead atoms. The number of aliphatic carboxylic acids is 1. The first-order chi connectivity index (χ1) is 20.5. The van der Waals surface area contributed by atoms with E-state index in [1.807, 2.05) is 0 Å². The smallest absolute Gasteiger partial charge is 1.00 e. The van der Waals surface area contributed by atoms with Crippen LogP contribution in [0.3, 0.4) is 0 Å². The number of likely N-dealkylation sites (N-methyl/N-ethyl adjacent to an activating group) is 1. The number of hydrogen-bond donors (Lipinski definition) is 1. The molecule has 3 nitrogen and oxygen atoms in total. The van der Waals surface area contributed by atoms with E-state index in [2.05, 4.69) is 20.9 Å². The number of nitrogens with zero attached hydrogens (tertiary/aromatic N) is 1. The van der Waals surface area contributed by atoms with Crippen molar-refractivity contribution in [2.45, 2.75) is 219 Å². The van der Waals surface area contributed by atoms with Gasteiger partial charge in [-0.1, -0.05) is 200 Å². The molecule has 0 spiro atoms. The quantitative estimate of drug-likeness (QED) is 0.0336. The van der Waals surface area contributed by atoms with Crippen LogP contribution < -0.4 is 42.0 Å². The maximum Gasteiger partial charge on any atom is 1.00 e. The van der Waals surface area contributed by atoms with Crippen molar-refractivity contribution < 1.29 is 56.3 Å². The Kier molecular flexibility index (Phi) is 44.3. The summed E-state index contributed by atoms with van der Waals surface area (Å²) < 4.78 is 0.604. The van der Waals surface area contributed by atoms with Crippen LogP contribution in [0.25, 0.3) is 0 Å². The number of hydrogen-bond acceptors (Lipinski definition) is 1. The minimum atomic E-state index is -0.759. The van der Waals surface area contributed by atoms with Gasteiger partial charge in [0, 0.05) is 7.05 Å². The van der Waals surface area contributed by atoms with Gasteiger partial charge in [0.25, 0.3) is 0 Å². The molecule has 0 rings (SSSR count). The molecule has 5 heteroatoms. The van der Waals surface area contributed by atoms with Gasteiger partial charge in [0.05, 0.1) is 13.1 Å². The van der Waals surface area contributed by atoms with Gasteiger partial charge in [0.1, 0.15) is 0 Å². The minimum Gasteiger partial charge on any atom is -1.00 e. The molecule has 0 aliphatic heterocycles. The number of carboxylic acids is 1. The molecule has 44 heavy (non-hydrogen) atoms. The van der Waals surface area contributed by atoms with Gasteiger partial charge in [-0.3, -0.25) is 4.79 Å². The largest absolute Gasteiger partial charge is 1.00 e. The van der Waals surface area contributed by atoms with E-state index in [-0.39, 0.29) is 42.0 Å². The van der Waals surface area contributed by atoms with Gasteiger partial charge in [-0.15, -0.1) is 0 Å². The first kappa shape index (κ1) is 49.0. The van der Waals surface area contributed by atoms with Crippen molar-refractivity contribution in [3.05, 3.63) is 6.54 Å². The third-order valence-corrected chi connectivity index (χ3v) is 9.47. The van der Waals surface area contributed by atoms with Crippen molar-refractivity contribution >= 4 is 5.97 Å². The molecule has 0 heterocycles. The molecular formula is C39H79ClNNaO2. The maximum atomic E-state index is 11.5. The summed E-state index contributed by atoms with van der Waals surface area (Å²) in [5.41, 5.74) is 0. The van der Waals surface area contributed by atoms with E-state index in [0.717, 1.165) is 25.9 Å². The predicted octanol–water partition coefficient (Wildman–Crippen LogP) is 7.21. The molecule has 1 N–H and O–H groups in total. The standard InChI is InChI=1S/C39H79NO2.ClH.Na/c1-4-6-8-10-12-14-16-18-20-22-24-26-28-30-32-34-36-40(3,38-39(41)42)37-35-33-31-29-27-25-23-21-19-17-15-13-11-9-7-5-2;;/h38H,4-37H2,1-3H3,(H,41,42);1H;/q;;+1/p-1. The van der Waals surface area contributed by atoms with Crippen LogP contribution in [0.15, 0.2) is 0 Å². The Morgan fingerprint density at radius 2 is 0.614 bits per heavy atom. The molecule has 0 aliphatic rings. The molecule has 0 saturated heterocycles. The molecule has 0 aliphatic carbocycles. The van der Waals surface area contributed by atoms with Crippen molar-refractivity contribution in [1.82, 2.24) is 0 Å². The van der Waals surface area contributed by atoms with E-state index in [1.165, 1.54) is 193 Å². The van der Waals surface area contributed by atoms with E-state index in [4.69, 9.17) is 0 Å². The summed E-state index contributed by atoms with van der Waals surface area (Å²) in [6.07, 6.45) is 44.2. The van der Waals surface area contributed by atoms with Crippen LogP contribution in [-0.2, 0) is 4.79 Å². The summed E-state index contributed by atoms with van der Waals surface area (Å²) in [4.78, 5) is 11.5. The Morgan fingerprint density at radius 1 is 0.432 bits per heavy atom. The van der Waals surface area contributed by atoms with Crippen molar-refractivity contribution in [1.29, 1.82) is 0 Å². The van der Waals surface area contributed by atoms with Crippen molar-refractivity contribution in [2.75, 3.05) is 20.1 Å². The van der Waals surface area contributed by atoms with E-state index >= 15 is 0 Å². The fourth-order valence-electron chi connectivity index (χ4n) is 6.55. The predicted molar refractivity (Wildman–Crippen MR) is 187 cm³/mol. The summed E-state index contributed by atoms with van der Waals surface area (Å²) in [7, 11) is 2.13. The molecule has 0 amide bonds. The van der Waals surface area contributed by atoms with Gasteiger partial charge >= 0.3 is 29.6 Å². The zero-order chi connectivity index (χ0) is 30.8. The molecule has 0 aromatic rings. The summed E-state index contributed by atoms with van der Waals surface area (Å²) in [6, 6.07) is 0. The van der Waals surface area contributed by atoms with Crippen molar-refractivity contribution in [3.8, 4) is 0 Å². The molecule has 0 fully saturated rings. The molecule has 260 valence electrons. The fraction of sp³-hybridized carbons (Fsp3) is 0.949. The molecule has 0 aromatic heterocycles. The average Bonchev–Trinajstić information content (AvgIpc) is 2.96. The normalized spacial score (nSPS) is 11.2. The van der Waals surface area contributed by atoms with Crippen LogP contribution in [0.5, 0.6) is 0 Å². The van der Waals surface area contributed by atoms with Gasteiger partial charge in [0.15, 0.2) is 0 Å².